The molecule has 8 heteroatoms. The minimum atomic E-state index is -0.356. The molecular formula is C16H19FN4O2S. The van der Waals surface area contributed by atoms with Crippen LogP contribution in [0.25, 0.3) is 0 Å². The van der Waals surface area contributed by atoms with E-state index in [0.29, 0.717) is 18.1 Å². The van der Waals surface area contributed by atoms with E-state index in [1.807, 2.05) is 0 Å². The largest absolute Gasteiger partial charge is 0.355 e. The molecule has 3 rings (SSSR count). The molecular weight excluding hydrogens is 331 g/mol. The summed E-state index contributed by atoms with van der Waals surface area (Å²) in [7, 11) is 0. The zero-order chi connectivity index (χ0) is 17.1. The van der Waals surface area contributed by atoms with Gasteiger partial charge in [-0.1, -0.05) is 23.9 Å². The van der Waals surface area contributed by atoms with Crippen molar-refractivity contribution in [3.05, 3.63) is 46.1 Å². The van der Waals surface area contributed by atoms with E-state index in [4.69, 9.17) is 0 Å². The lowest BCUT2D eigenvalue weighted by Gasteiger charge is -2.12. The van der Waals surface area contributed by atoms with Gasteiger partial charge >= 0.3 is 5.69 Å². The summed E-state index contributed by atoms with van der Waals surface area (Å²) in [5.74, 6) is -0.381. The fraction of sp³-hybridized carbons (Fsp3) is 0.438. The maximum Gasteiger partial charge on any atom is 0.344 e. The monoisotopic (exact) mass is 350 g/mol. The number of benzene rings is 1. The fourth-order valence-corrected chi connectivity index (χ4v) is 3.32. The molecule has 2 N–H and O–H groups in total. The van der Waals surface area contributed by atoms with Crippen LogP contribution < -0.4 is 11.0 Å². The van der Waals surface area contributed by atoms with Crippen LogP contribution in [0, 0.1) is 5.82 Å². The Morgan fingerprint density at radius 1 is 1.46 bits per heavy atom. The van der Waals surface area contributed by atoms with Crippen LogP contribution in [0.2, 0.25) is 0 Å². The number of hydrogen-bond donors (Lipinski definition) is 2. The molecule has 1 aromatic carbocycles. The number of amides is 1. The van der Waals surface area contributed by atoms with Crippen LogP contribution in [0.3, 0.4) is 0 Å². The highest BCUT2D eigenvalue weighted by Gasteiger charge is 2.30. The van der Waals surface area contributed by atoms with Crippen molar-refractivity contribution in [3.63, 3.8) is 0 Å². The van der Waals surface area contributed by atoms with Crippen LogP contribution >= 0.6 is 11.8 Å². The van der Waals surface area contributed by atoms with Gasteiger partial charge in [0.2, 0.25) is 5.91 Å². The predicted molar refractivity (Wildman–Crippen MR) is 89.6 cm³/mol. The molecule has 1 amide bonds. The Kier molecular flexibility index (Phi) is 5.03. The summed E-state index contributed by atoms with van der Waals surface area (Å²) in [5.41, 5.74) is 0.746. The van der Waals surface area contributed by atoms with Gasteiger partial charge in [-0.3, -0.25) is 9.36 Å². The van der Waals surface area contributed by atoms with Gasteiger partial charge in [-0.25, -0.2) is 14.3 Å². The Hall–Kier alpha value is -2.09. The van der Waals surface area contributed by atoms with Crippen molar-refractivity contribution in [2.24, 2.45) is 0 Å². The summed E-state index contributed by atoms with van der Waals surface area (Å²) in [6, 6.07) is 6.44. The van der Waals surface area contributed by atoms with Gasteiger partial charge in [-0.15, -0.1) is 5.10 Å². The summed E-state index contributed by atoms with van der Waals surface area (Å²) >= 11 is 1.27. The number of thioether (sulfide) groups is 1. The van der Waals surface area contributed by atoms with E-state index in [9.17, 15) is 14.0 Å². The zero-order valence-electron chi connectivity index (χ0n) is 13.3. The van der Waals surface area contributed by atoms with Crippen LogP contribution in [-0.2, 0) is 11.2 Å². The van der Waals surface area contributed by atoms with E-state index in [0.717, 1.165) is 18.4 Å². The van der Waals surface area contributed by atoms with Crippen molar-refractivity contribution in [1.82, 2.24) is 20.1 Å². The summed E-state index contributed by atoms with van der Waals surface area (Å²) in [5, 5.41) is 9.52. The zero-order valence-corrected chi connectivity index (χ0v) is 14.1. The minimum Gasteiger partial charge on any atom is -0.355 e. The Bertz CT molecular complexity index is 767. The number of aromatic nitrogens is 3. The SMILES string of the molecule is C[C@H](Sc1n[nH]c(=O)n1C1CC1)C(=O)NCCc1ccc(F)cc1. The molecule has 1 aromatic heterocycles. The molecule has 1 aliphatic carbocycles. The quantitative estimate of drug-likeness (QED) is 0.748. The molecule has 2 aromatic rings. The normalized spacial score (nSPS) is 15.2. The Morgan fingerprint density at radius 2 is 2.17 bits per heavy atom. The smallest absolute Gasteiger partial charge is 0.344 e. The average Bonchev–Trinajstić information content (AvgIpc) is 3.33. The molecule has 6 nitrogen and oxygen atoms in total. The Morgan fingerprint density at radius 3 is 2.83 bits per heavy atom. The molecule has 0 aliphatic heterocycles. The number of rotatable bonds is 7. The predicted octanol–water partition coefficient (Wildman–Crippen LogP) is 1.88. The highest BCUT2D eigenvalue weighted by Crippen LogP contribution is 2.36. The highest BCUT2D eigenvalue weighted by atomic mass is 32.2. The molecule has 1 fully saturated rings. The molecule has 0 spiro atoms. The first kappa shape index (κ1) is 16.8. The Balaban J connectivity index is 1.50. The van der Waals surface area contributed by atoms with Gasteiger partial charge in [0, 0.05) is 12.6 Å². The number of H-pyrrole nitrogens is 1. The van der Waals surface area contributed by atoms with Gasteiger partial charge in [0.1, 0.15) is 5.82 Å². The van der Waals surface area contributed by atoms with Crippen LogP contribution in [-0.4, -0.2) is 32.5 Å². The summed E-state index contributed by atoms with van der Waals surface area (Å²) < 4.78 is 14.5. The van der Waals surface area contributed by atoms with E-state index < -0.39 is 0 Å². The number of nitrogens with zero attached hydrogens (tertiary/aromatic N) is 2. The fourth-order valence-electron chi connectivity index (χ4n) is 2.36. The molecule has 1 heterocycles. The molecule has 1 saturated carbocycles. The number of halogens is 1. The molecule has 0 bridgehead atoms. The van der Waals surface area contributed by atoms with Crippen LogP contribution in [0.15, 0.2) is 34.2 Å². The summed E-state index contributed by atoms with van der Waals surface area (Å²) in [6.45, 7) is 2.26. The molecule has 1 aliphatic rings. The van der Waals surface area contributed by atoms with E-state index in [1.165, 1.54) is 23.9 Å². The number of hydrogen-bond acceptors (Lipinski definition) is 4. The third kappa shape index (κ3) is 4.05. The lowest BCUT2D eigenvalue weighted by Crippen LogP contribution is -2.32. The second-order valence-corrected chi connectivity index (χ2v) is 7.15. The van der Waals surface area contributed by atoms with Gasteiger partial charge in [-0.05, 0) is 43.9 Å². The van der Waals surface area contributed by atoms with E-state index in [2.05, 4.69) is 15.5 Å². The third-order valence-corrected chi connectivity index (χ3v) is 4.93. The van der Waals surface area contributed by atoms with E-state index in [-0.39, 0.29) is 28.7 Å². The number of aromatic amines is 1. The van der Waals surface area contributed by atoms with E-state index in [1.54, 1.807) is 23.6 Å². The number of nitrogens with one attached hydrogen (secondary N) is 2. The van der Waals surface area contributed by atoms with Crippen molar-refractivity contribution in [2.75, 3.05) is 6.54 Å². The van der Waals surface area contributed by atoms with Crippen molar-refractivity contribution in [3.8, 4) is 0 Å². The number of carbonyl (C=O) groups excluding carboxylic acids is 1. The molecule has 0 unspecified atom stereocenters. The standard InChI is InChI=1S/C16H19FN4O2S/c1-10(24-16-20-19-15(23)21(16)13-6-7-13)14(22)18-9-8-11-2-4-12(17)5-3-11/h2-5,10,13H,6-9H2,1H3,(H,18,22)(H,19,23)/t10-/m0/s1. The third-order valence-electron chi connectivity index (χ3n) is 3.86. The maximum absolute atomic E-state index is 12.8. The molecule has 1 atom stereocenters. The lowest BCUT2D eigenvalue weighted by molar-refractivity contribution is -0.120. The molecule has 0 saturated heterocycles. The van der Waals surface area contributed by atoms with Crippen molar-refractivity contribution < 1.29 is 9.18 Å². The topological polar surface area (TPSA) is 79.8 Å². The molecule has 0 radical (unpaired) electrons. The van der Waals surface area contributed by atoms with Crippen LogP contribution in [0.1, 0.15) is 31.4 Å². The van der Waals surface area contributed by atoms with Crippen molar-refractivity contribution >= 4 is 17.7 Å². The second-order valence-electron chi connectivity index (χ2n) is 5.84. The van der Waals surface area contributed by atoms with E-state index >= 15 is 0 Å². The van der Waals surface area contributed by atoms with Gasteiger partial charge in [0.15, 0.2) is 5.16 Å². The van der Waals surface area contributed by atoms with Crippen molar-refractivity contribution in [1.29, 1.82) is 0 Å². The average molecular weight is 350 g/mol. The number of carbonyl (C=O) groups is 1. The first-order valence-corrected chi connectivity index (χ1v) is 8.78. The molecule has 24 heavy (non-hydrogen) atoms. The minimum absolute atomic E-state index is 0.111. The first-order valence-electron chi connectivity index (χ1n) is 7.90. The molecule has 128 valence electrons. The van der Waals surface area contributed by atoms with Gasteiger partial charge in [0.25, 0.3) is 0 Å². The highest BCUT2D eigenvalue weighted by molar-refractivity contribution is 8.00. The lowest BCUT2D eigenvalue weighted by atomic mass is 10.1. The Labute approximate surface area is 142 Å². The summed E-state index contributed by atoms with van der Waals surface area (Å²) in [4.78, 5) is 23.9. The van der Waals surface area contributed by atoms with Gasteiger partial charge in [-0.2, -0.15) is 0 Å². The summed E-state index contributed by atoms with van der Waals surface area (Å²) in [6.07, 6.45) is 2.59. The maximum atomic E-state index is 12.8. The second kappa shape index (κ2) is 7.21. The van der Waals surface area contributed by atoms with Crippen LogP contribution in [0.4, 0.5) is 4.39 Å². The van der Waals surface area contributed by atoms with Gasteiger partial charge in [0.05, 0.1) is 5.25 Å². The van der Waals surface area contributed by atoms with Crippen LogP contribution in [0.5, 0.6) is 0 Å². The first-order chi connectivity index (χ1) is 11.5. The van der Waals surface area contributed by atoms with Crippen molar-refractivity contribution in [2.45, 2.75) is 42.6 Å². The van der Waals surface area contributed by atoms with Gasteiger partial charge < -0.3 is 5.32 Å².